The number of benzene rings is 1. The molecule has 1 aromatic rings. The summed E-state index contributed by atoms with van der Waals surface area (Å²) in [5.74, 6) is 0.317. The van der Waals surface area contributed by atoms with E-state index in [0.29, 0.717) is 19.0 Å². The number of hydrogen-bond donors (Lipinski definition) is 1. The summed E-state index contributed by atoms with van der Waals surface area (Å²) < 4.78 is 10.6. The highest BCUT2D eigenvalue weighted by atomic mass is 32.2. The van der Waals surface area contributed by atoms with Gasteiger partial charge in [0.25, 0.3) is 0 Å². The molecule has 0 spiro atoms. The van der Waals surface area contributed by atoms with Crippen LogP contribution in [0.25, 0.3) is 0 Å². The van der Waals surface area contributed by atoms with Gasteiger partial charge in [0.05, 0.1) is 13.2 Å². The van der Waals surface area contributed by atoms with Crippen LogP contribution in [0, 0.1) is 0 Å². The van der Waals surface area contributed by atoms with Gasteiger partial charge >= 0.3 is 5.97 Å². The summed E-state index contributed by atoms with van der Waals surface area (Å²) in [7, 11) is 0. The van der Waals surface area contributed by atoms with Crippen molar-refractivity contribution in [3.8, 4) is 5.75 Å². The first kappa shape index (κ1) is 12.3. The zero-order valence-electron chi connectivity index (χ0n) is 9.51. The molecular formula is C12H14O4S. The zero-order valence-corrected chi connectivity index (χ0v) is 10.3. The third-order valence-electron chi connectivity index (χ3n) is 2.40. The summed E-state index contributed by atoms with van der Waals surface area (Å²) in [5, 5.41) is 9.25. The Labute approximate surface area is 104 Å². The fourth-order valence-electron chi connectivity index (χ4n) is 1.56. The van der Waals surface area contributed by atoms with Gasteiger partial charge in [-0.3, -0.25) is 0 Å². The van der Waals surface area contributed by atoms with Crippen molar-refractivity contribution >= 4 is 17.7 Å². The molecule has 1 N–H and O–H groups in total. The van der Waals surface area contributed by atoms with E-state index in [1.165, 1.54) is 11.8 Å². The number of carboxylic acid groups (broad SMARTS) is 1. The molecule has 1 aliphatic rings. The molecule has 92 valence electrons. The maximum absolute atomic E-state index is 11.3. The molecule has 0 amide bonds. The monoisotopic (exact) mass is 254 g/mol. The Morgan fingerprint density at radius 2 is 2.35 bits per heavy atom. The van der Waals surface area contributed by atoms with E-state index in [9.17, 15) is 9.90 Å². The van der Waals surface area contributed by atoms with Gasteiger partial charge in [-0.2, -0.15) is 0 Å². The molecule has 1 saturated heterocycles. The number of carboxylic acids is 1. The molecule has 4 nitrogen and oxygen atoms in total. The number of ether oxygens (including phenoxy) is 2. The second kappa shape index (κ2) is 5.42. The molecule has 0 atom stereocenters. The lowest BCUT2D eigenvalue weighted by Gasteiger charge is -2.27. The van der Waals surface area contributed by atoms with Crippen molar-refractivity contribution in [2.75, 3.05) is 19.0 Å². The Balaban J connectivity index is 2.28. The Bertz CT molecular complexity index is 415. The van der Waals surface area contributed by atoms with Crippen molar-refractivity contribution in [1.82, 2.24) is 0 Å². The molecule has 17 heavy (non-hydrogen) atoms. The molecule has 0 bridgehead atoms. The summed E-state index contributed by atoms with van der Waals surface area (Å²) >= 11 is 1.51. The lowest BCUT2D eigenvalue weighted by molar-refractivity contribution is -0.0800. The van der Waals surface area contributed by atoms with Gasteiger partial charge in [-0.15, -0.1) is 11.8 Å². The van der Waals surface area contributed by atoms with Gasteiger partial charge in [0.15, 0.2) is 0 Å². The number of hydrogen-bond acceptors (Lipinski definition) is 4. The second-order valence-electron chi connectivity index (χ2n) is 3.64. The van der Waals surface area contributed by atoms with Crippen LogP contribution < -0.4 is 4.74 Å². The van der Waals surface area contributed by atoms with E-state index >= 15 is 0 Å². The van der Waals surface area contributed by atoms with E-state index < -0.39 is 5.97 Å². The van der Waals surface area contributed by atoms with Crippen molar-refractivity contribution < 1.29 is 19.4 Å². The number of thioether (sulfide) groups is 1. The highest BCUT2D eigenvalue weighted by Crippen LogP contribution is 2.31. The van der Waals surface area contributed by atoms with E-state index in [2.05, 4.69) is 0 Å². The van der Waals surface area contributed by atoms with Crippen molar-refractivity contribution in [2.24, 2.45) is 0 Å². The van der Waals surface area contributed by atoms with E-state index in [1.807, 2.05) is 19.1 Å². The number of rotatable bonds is 5. The van der Waals surface area contributed by atoms with Crippen LogP contribution in [0.15, 0.2) is 23.1 Å². The minimum Gasteiger partial charge on any atom is -0.485 e. The maximum atomic E-state index is 11.3. The van der Waals surface area contributed by atoms with Crippen LogP contribution in [-0.4, -0.2) is 36.1 Å². The molecular weight excluding hydrogens is 240 g/mol. The van der Waals surface area contributed by atoms with Gasteiger partial charge in [0, 0.05) is 4.90 Å². The first-order valence-electron chi connectivity index (χ1n) is 5.46. The summed E-state index contributed by atoms with van der Waals surface area (Å²) in [4.78, 5) is 12.0. The molecule has 0 radical (unpaired) electrons. The topological polar surface area (TPSA) is 55.8 Å². The van der Waals surface area contributed by atoms with Crippen LogP contribution in [0.5, 0.6) is 5.75 Å². The summed E-state index contributed by atoms with van der Waals surface area (Å²) in [6.45, 7) is 3.05. The minimum atomic E-state index is -0.947. The molecule has 0 aromatic heterocycles. The molecule has 1 aromatic carbocycles. The number of aromatic carboxylic acids is 1. The van der Waals surface area contributed by atoms with Crippen molar-refractivity contribution in [2.45, 2.75) is 17.9 Å². The summed E-state index contributed by atoms with van der Waals surface area (Å²) in [6.07, 6.45) is -0.0185. The zero-order chi connectivity index (χ0) is 12.3. The van der Waals surface area contributed by atoms with Crippen LogP contribution >= 0.6 is 11.8 Å². The van der Waals surface area contributed by atoms with Crippen LogP contribution in [0.4, 0.5) is 0 Å². The van der Waals surface area contributed by atoms with Crippen LogP contribution in [0.1, 0.15) is 17.3 Å². The first-order chi connectivity index (χ1) is 8.22. The average molecular weight is 254 g/mol. The number of carbonyl (C=O) groups is 1. The lowest BCUT2D eigenvalue weighted by Crippen LogP contribution is -2.38. The predicted octanol–water partition coefficient (Wildman–Crippen LogP) is 2.27. The third kappa shape index (κ3) is 2.73. The highest BCUT2D eigenvalue weighted by Gasteiger charge is 2.24. The standard InChI is InChI=1S/C12H14O4S/c1-2-17-10-5-3-4-9(11(10)12(13)14)16-8-6-15-7-8/h3-5,8H,2,6-7H2,1H3,(H,13,14). The molecule has 0 saturated carbocycles. The largest absolute Gasteiger partial charge is 0.485 e. The second-order valence-corrected chi connectivity index (χ2v) is 4.95. The van der Waals surface area contributed by atoms with Crippen LogP contribution in [0.2, 0.25) is 0 Å². The van der Waals surface area contributed by atoms with Gasteiger partial charge < -0.3 is 14.6 Å². The average Bonchev–Trinajstić information content (AvgIpc) is 2.23. The molecule has 1 fully saturated rings. The highest BCUT2D eigenvalue weighted by molar-refractivity contribution is 7.99. The molecule has 1 aliphatic heterocycles. The van der Waals surface area contributed by atoms with E-state index in [0.717, 1.165) is 10.6 Å². The van der Waals surface area contributed by atoms with E-state index in [4.69, 9.17) is 9.47 Å². The van der Waals surface area contributed by atoms with Crippen LogP contribution in [-0.2, 0) is 4.74 Å². The quantitative estimate of drug-likeness (QED) is 0.817. The van der Waals surface area contributed by atoms with Crippen LogP contribution in [0.3, 0.4) is 0 Å². The summed E-state index contributed by atoms with van der Waals surface area (Å²) in [6, 6.07) is 5.32. The maximum Gasteiger partial charge on any atom is 0.340 e. The van der Waals surface area contributed by atoms with E-state index in [-0.39, 0.29) is 11.7 Å². The molecule has 0 aliphatic carbocycles. The van der Waals surface area contributed by atoms with Crippen molar-refractivity contribution in [3.63, 3.8) is 0 Å². The predicted molar refractivity (Wildman–Crippen MR) is 65.0 cm³/mol. The summed E-state index contributed by atoms with van der Waals surface area (Å²) in [5.41, 5.74) is 0.256. The molecule has 2 rings (SSSR count). The van der Waals surface area contributed by atoms with Crippen molar-refractivity contribution in [3.05, 3.63) is 23.8 Å². The fourth-order valence-corrected chi connectivity index (χ4v) is 2.38. The minimum absolute atomic E-state index is 0.0185. The SMILES string of the molecule is CCSc1cccc(OC2COC2)c1C(=O)O. The van der Waals surface area contributed by atoms with Gasteiger partial charge in [-0.25, -0.2) is 4.79 Å². The van der Waals surface area contributed by atoms with Gasteiger partial charge in [0.1, 0.15) is 17.4 Å². The van der Waals surface area contributed by atoms with Gasteiger partial charge in [-0.1, -0.05) is 13.0 Å². The Hall–Kier alpha value is -1.20. The van der Waals surface area contributed by atoms with Gasteiger partial charge in [0.2, 0.25) is 0 Å². The van der Waals surface area contributed by atoms with E-state index in [1.54, 1.807) is 6.07 Å². The molecule has 0 unspecified atom stereocenters. The third-order valence-corrected chi connectivity index (χ3v) is 3.34. The fraction of sp³-hybridized carbons (Fsp3) is 0.417. The first-order valence-corrected chi connectivity index (χ1v) is 6.44. The lowest BCUT2D eigenvalue weighted by atomic mass is 10.2. The smallest absolute Gasteiger partial charge is 0.340 e. The van der Waals surface area contributed by atoms with Crippen molar-refractivity contribution in [1.29, 1.82) is 0 Å². The normalized spacial score (nSPS) is 15.4. The Morgan fingerprint density at radius 1 is 1.59 bits per heavy atom. The molecule has 5 heteroatoms. The Kier molecular flexibility index (Phi) is 3.91. The Morgan fingerprint density at radius 3 is 2.88 bits per heavy atom. The van der Waals surface area contributed by atoms with Gasteiger partial charge in [-0.05, 0) is 17.9 Å². The molecule has 1 heterocycles.